The molecule has 0 fully saturated rings. The molecule has 2 atom stereocenters. The molecule has 0 bridgehead atoms. The summed E-state index contributed by atoms with van der Waals surface area (Å²) in [7, 11) is 0. The normalized spacial score (nSPS) is 15.3. The molecule has 0 amide bonds. The van der Waals surface area contributed by atoms with Gasteiger partial charge in [-0.2, -0.15) is 0 Å². The fourth-order valence-corrected chi connectivity index (χ4v) is 4.56. The Kier molecular flexibility index (Phi) is 11.0. The quantitative estimate of drug-likeness (QED) is 0.229. The fraction of sp³-hybridized carbons (Fsp3) is 0.533. The highest BCUT2D eigenvalue weighted by molar-refractivity contribution is 6.30. The zero-order valence-electron chi connectivity index (χ0n) is 23.4. The zero-order chi connectivity index (χ0) is 28.6. The summed E-state index contributed by atoms with van der Waals surface area (Å²) in [6.45, 7) is 9.95. The van der Waals surface area contributed by atoms with Crippen molar-refractivity contribution in [1.29, 1.82) is 0 Å². The molecule has 0 radical (unpaired) electrons. The van der Waals surface area contributed by atoms with E-state index in [0.29, 0.717) is 43.7 Å². The van der Waals surface area contributed by atoms with Gasteiger partial charge in [0.25, 0.3) is 0 Å². The van der Waals surface area contributed by atoms with Crippen molar-refractivity contribution < 1.29 is 33.6 Å². The van der Waals surface area contributed by atoms with Gasteiger partial charge < -0.3 is 29.4 Å². The van der Waals surface area contributed by atoms with Gasteiger partial charge >= 0.3 is 17.7 Å². The van der Waals surface area contributed by atoms with Gasteiger partial charge in [0, 0.05) is 17.6 Å². The van der Waals surface area contributed by atoms with Gasteiger partial charge in [0.15, 0.2) is 11.5 Å². The highest BCUT2D eigenvalue weighted by atomic mass is 35.5. The molecule has 2 N–H and O–H groups in total. The van der Waals surface area contributed by atoms with Crippen molar-refractivity contribution in [3.05, 3.63) is 58.6 Å². The molecule has 0 aliphatic carbocycles. The smallest absolute Gasteiger partial charge is 0.453 e. The van der Waals surface area contributed by atoms with Crippen LogP contribution in [-0.2, 0) is 25.5 Å². The first kappa shape index (κ1) is 30.7. The van der Waals surface area contributed by atoms with Gasteiger partial charge in [-0.05, 0) is 74.4 Å². The molecule has 2 aromatic rings. The second kappa shape index (κ2) is 14.0. The van der Waals surface area contributed by atoms with Crippen LogP contribution in [0.4, 0.5) is 0 Å². The van der Waals surface area contributed by atoms with E-state index in [-0.39, 0.29) is 29.7 Å². The van der Waals surface area contributed by atoms with Gasteiger partial charge in [-0.25, -0.2) is 9.59 Å². The van der Waals surface area contributed by atoms with E-state index in [1.165, 1.54) is 0 Å². The van der Waals surface area contributed by atoms with Crippen LogP contribution in [0.3, 0.4) is 0 Å². The first-order valence-corrected chi connectivity index (χ1v) is 14.1. The lowest BCUT2D eigenvalue weighted by molar-refractivity contribution is -0.209. The summed E-state index contributed by atoms with van der Waals surface area (Å²) >= 11 is 6.03. The third-order valence-corrected chi connectivity index (χ3v) is 7.09. The molecule has 0 saturated heterocycles. The van der Waals surface area contributed by atoms with E-state index in [9.17, 15) is 14.7 Å². The number of rotatable bonds is 14. The van der Waals surface area contributed by atoms with Crippen molar-refractivity contribution in [3.63, 3.8) is 0 Å². The zero-order valence-corrected chi connectivity index (χ0v) is 24.1. The lowest BCUT2D eigenvalue weighted by atomic mass is 10.1. The Hall–Kier alpha value is -2.81. The Morgan fingerprint density at radius 2 is 1.51 bits per heavy atom. The highest BCUT2D eigenvalue weighted by Gasteiger charge is 2.60. The number of aliphatic hydroxyl groups excluding tert-OH is 1. The van der Waals surface area contributed by atoms with Crippen LogP contribution in [0, 0.1) is 0 Å². The third-order valence-electron chi connectivity index (χ3n) is 6.86. The summed E-state index contributed by atoms with van der Waals surface area (Å²) in [5.74, 6) is -3.66. The predicted octanol–water partition coefficient (Wildman–Crippen LogP) is 5.53. The SMILES string of the molecule is CCC(CC)OC(=O)C1(C(=O)OC(CC)CC)Oc2ccc(C[C@@H](C)NC[C@H](O)c3cccc(Cl)c3)cc2O1. The summed E-state index contributed by atoms with van der Waals surface area (Å²) in [5.41, 5.74) is 1.63. The van der Waals surface area contributed by atoms with Crippen LogP contribution < -0.4 is 14.8 Å². The molecule has 9 heteroatoms. The number of carbonyl (C=O) groups is 2. The molecule has 0 saturated carbocycles. The highest BCUT2D eigenvalue weighted by Crippen LogP contribution is 2.42. The molecule has 0 unspecified atom stereocenters. The van der Waals surface area contributed by atoms with Crippen molar-refractivity contribution >= 4 is 23.5 Å². The maximum absolute atomic E-state index is 13.3. The third kappa shape index (κ3) is 7.65. The van der Waals surface area contributed by atoms with Crippen molar-refractivity contribution in [2.75, 3.05) is 6.54 Å². The Morgan fingerprint density at radius 1 is 0.923 bits per heavy atom. The molecule has 1 aliphatic rings. The fourth-order valence-electron chi connectivity index (χ4n) is 4.36. The molecule has 1 heterocycles. The lowest BCUT2D eigenvalue weighted by Crippen LogP contribution is -2.57. The molecule has 0 aromatic heterocycles. The molecule has 0 spiro atoms. The molecule has 2 aromatic carbocycles. The second-order valence-corrected chi connectivity index (χ2v) is 10.3. The number of hydrogen-bond acceptors (Lipinski definition) is 8. The summed E-state index contributed by atoms with van der Waals surface area (Å²) < 4.78 is 23.0. The molecule has 8 nitrogen and oxygen atoms in total. The monoisotopic (exact) mass is 561 g/mol. The van der Waals surface area contributed by atoms with Crippen LogP contribution >= 0.6 is 11.6 Å². The Balaban J connectivity index is 1.72. The topological polar surface area (TPSA) is 103 Å². The van der Waals surface area contributed by atoms with E-state index < -0.39 is 23.8 Å². The lowest BCUT2D eigenvalue weighted by Gasteiger charge is -2.27. The van der Waals surface area contributed by atoms with Gasteiger partial charge in [-0.15, -0.1) is 0 Å². The minimum Gasteiger partial charge on any atom is -0.456 e. The van der Waals surface area contributed by atoms with Gasteiger partial charge in [0.2, 0.25) is 0 Å². The summed E-state index contributed by atoms with van der Waals surface area (Å²) in [4.78, 5) is 26.6. The standard InChI is InChI=1S/C30H40ClNO7/c1-6-23(7-2)36-28(34)30(29(35)37-24(8-3)9-4)38-26-14-13-20(16-27(26)39-30)15-19(5)32-18-25(33)21-11-10-12-22(31)17-21/h10-14,16-17,19,23-25,32-33H,6-9,15,18H2,1-5H3/t19-,25+/m1/s1. The number of benzene rings is 2. The Labute approximate surface area is 235 Å². The number of aliphatic hydroxyl groups is 1. The maximum Gasteiger partial charge on any atom is 0.453 e. The van der Waals surface area contributed by atoms with Crippen molar-refractivity contribution in [2.24, 2.45) is 0 Å². The number of carbonyl (C=O) groups excluding carboxylic acids is 2. The minimum absolute atomic E-state index is 0.00336. The van der Waals surface area contributed by atoms with E-state index in [4.69, 9.17) is 30.5 Å². The average molecular weight is 562 g/mol. The van der Waals surface area contributed by atoms with Crippen LogP contribution in [0.25, 0.3) is 0 Å². The summed E-state index contributed by atoms with van der Waals surface area (Å²) in [6, 6.07) is 12.4. The van der Waals surface area contributed by atoms with Crippen LogP contribution in [0.1, 0.15) is 77.5 Å². The first-order valence-electron chi connectivity index (χ1n) is 13.8. The first-order chi connectivity index (χ1) is 18.6. The number of ether oxygens (including phenoxy) is 4. The Bertz CT molecular complexity index is 1090. The number of esters is 2. The molecule has 1 aliphatic heterocycles. The Morgan fingerprint density at radius 3 is 2.08 bits per heavy atom. The number of halogens is 1. The van der Waals surface area contributed by atoms with Gasteiger partial charge in [-0.3, -0.25) is 0 Å². The van der Waals surface area contributed by atoms with Gasteiger partial charge in [0.1, 0.15) is 12.2 Å². The van der Waals surface area contributed by atoms with E-state index in [2.05, 4.69) is 5.32 Å². The van der Waals surface area contributed by atoms with Crippen molar-refractivity contribution in [2.45, 2.75) is 96.9 Å². The average Bonchev–Trinajstić information content (AvgIpc) is 3.33. The molecule has 214 valence electrons. The molecular weight excluding hydrogens is 522 g/mol. The summed E-state index contributed by atoms with van der Waals surface area (Å²) in [6.07, 6.45) is 1.50. The molecule has 3 rings (SSSR count). The van der Waals surface area contributed by atoms with Crippen molar-refractivity contribution in [1.82, 2.24) is 5.32 Å². The predicted molar refractivity (Wildman–Crippen MR) is 149 cm³/mol. The molecule has 39 heavy (non-hydrogen) atoms. The number of hydrogen-bond donors (Lipinski definition) is 2. The van der Waals surface area contributed by atoms with Gasteiger partial charge in [-0.1, -0.05) is 57.5 Å². The van der Waals surface area contributed by atoms with E-state index in [1.807, 2.05) is 46.8 Å². The van der Waals surface area contributed by atoms with Crippen LogP contribution in [0.5, 0.6) is 11.5 Å². The van der Waals surface area contributed by atoms with Crippen LogP contribution in [-0.4, -0.2) is 47.6 Å². The van der Waals surface area contributed by atoms with Crippen LogP contribution in [0.2, 0.25) is 5.02 Å². The van der Waals surface area contributed by atoms with Crippen molar-refractivity contribution in [3.8, 4) is 11.5 Å². The number of nitrogens with one attached hydrogen (secondary N) is 1. The maximum atomic E-state index is 13.3. The number of fused-ring (bicyclic) bond motifs is 1. The second-order valence-electron chi connectivity index (χ2n) is 9.87. The van der Waals surface area contributed by atoms with E-state index in [1.54, 1.807) is 30.3 Å². The van der Waals surface area contributed by atoms with E-state index in [0.717, 1.165) is 11.1 Å². The van der Waals surface area contributed by atoms with Gasteiger partial charge in [0.05, 0.1) is 6.10 Å². The minimum atomic E-state index is -2.35. The molecular formula is C30H40ClNO7. The van der Waals surface area contributed by atoms with Crippen LogP contribution in [0.15, 0.2) is 42.5 Å². The largest absolute Gasteiger partial charge is 0.456 e. The summed E-state index contributed by atoms with van der Waals surface area (Å²) in [5, 5.41) is 14.4. The van der Waals surface area contributed by atoms with E-state index >= 15 is 0 Å².